The van der Waals surface area contributed by atoms with Crippen molar-refractivity contribution in [2.24, 2.45) is 0 Å². The number of phenolic OH excluding ortho intramolecular Hbond substituents is 1. The third-order valence-electron chi connectivity index (χ3n) is 4.57. The third-order valence-corrected chi connectivity index (χ3v) is 4.57. The van der Waals surface area contributed by atoms with Crippen molar-refractivity contribution in [3.05, 3.63) is 29.6 Å². The van der Waals surface area contributed by atoms with E-state index in [-0.39, 0.29) is 23.7 Å². The molecule has 0 aliphatic carbocycles. The van der Waals surface area contributed by atoms with Crippen molar-refractivity contribution in [3.8, 4) is 5.75 Å². The van der Waals surface area contributed by atoms with Gasteiger partial charge in [-0.25, -0.2) is 4.39 Å². The zero-order valence-corrected chi connectivity index (χ0v) is 12.4. The van der Waals surface area contributed by atoms with E-state index in [0.717, 1.165) is 13.2 Å². The number of morpholine rings is 1. The van der Waals surface area contributed by atoms with Gasteiger partial charge in [-0.3, -0.25) is 4.90 Å². The fourth-order valence-corrected chi connectivity index (χ4v) is 3.30. The number of benzene rings is 1. The Morgan fingerprint density at radius 2 is 2.38 bits per heavy atom. The van der Waals surface area contributed by atoms with Crippen LogP contribution in [0.3, 0.4) is 0 Å². The molecule has 1 aromatic rings. The molecule has 0 bridgehead atoms. The van der Waals surface area contributed by atoms with E-state index in [0.29, 0.717) is 18.2 Å². The van der Waals surface area contributed by atoms with E-state index in [4.69, 9.17) is 4.74 Å². The molecule has 3 rings (SSSR count). The summed E-state index contributed by atoms with van der Waals surface area (Å²) in [6, 6.07) is 4.54. The molecule has 2 N–H and O–H groups in total. The van der Waals surface area contributed by atoms with E-state index < -0.39 is 0 Å². The normalized spacial score (nSPS) is 27.5. The van der Waals surface area contributed by atoms with Crippen molar-refractivity contribution < 1.29 is 14.2 Å². The Balaban J connectivity index is 1.53. The smallest absolute Gasteiger partial charge is 0.123 e. The van der Waals surface area contributed by atoms with Crippen LogP contribution in [0.15, 0.2) is 18.2 Å². The van der Waals surface area contributed by atoms with Crippen molar-refractivity contribution in [2.45, 2.75) is 38.0 Å². The molecule has 2 heterocycles. The summed E-state index contributed by atoms with van der Waals surface area (Å²) in [5.74, 6) is -0.203. The van der Waals surface area contributed by atoms with Gasteiger partial charge in [-0.2, -0.15) is 0 Å². The molecule has 21 heavy (non-hydrogen) atoms. The Hall–Kier alpha value is -1.17. The fraction of sp³-hybridized carbons (Fsp3) is 0.625. The summed E-state index contributed by atoms with van der Waals surface area (Å²) in [4.78, 5) is 2.50. The molecular formula is C16H23FN2O2. The van der Waals surface area contributed by atoms with Gasteiger partial charge in [0.25, 0.3) is 0 Å². The van der Waals surface area contributed by atoms with Gasteiger partial charge in [-0.05, 0) is 44.5 Å². The molecule has 0 aromatic heterocycles. The van der Waals surface area contributed by atoms with Crippen LogP contribution < -0.4 is 5.32 Å². The predicted octanol–water partition coefficient (Wildman–Crippen LogP) is 2.05. The highest BCUT2D eigenvalue weighted by atomic mass is 19.1. The van der Waals surface area contributed by atoms with Gasteiger partial charge in [0.2, 0.25) is 0 Å². The van der Waals surface area contributed by atoms with Crippen molar-refractivity contribution in [2.75, 3.05) is 26.2 Å². The summed E-state index contributed by atoms with van der Waals surface area (Å²) in [5, 5.41) is 13.2. The zero-order chi connectivity index (χ0) is 14.8. The Morgan fingerprint density at radius 1 is 1.52 bits per heavy atom. The van der Waals surface area contributed by atoms with Crippen LogP contribution in [0.4, 0.5) is 4.39 Å². The number of hydrogen-bond donors (Lipinski definition) is 2. The van der Waals surface area contributed by atoms with Gasteiger partial charge < -0.3 is 15.2 Å². The van der Waals surface area contributed by atoms with Crippen LogP contribution in [0.25, 0.3) is 0 Å². The van der Waals surface area contributed by atoms with Crippen molar-refractivity contribution >= 4 is 0 Å². The van der Waals surface area contributed by atoms with Gasteiger partial charge in [-0.15, -0.1) is 0 Å². The summed E-state index contributed by atoms with van der Waals surface area (Å²) in [6.07, 6.45) is 2.67. The highest BCUT2D eigenvalue weighted by Gasteiger charge is 2.32. The Bertz CT molecular complexity index is 497. The average Bonchev–Trinajstić information content (AvgIpc) is 2.94. The van der Waals surface area contributed by atoms with E-state index in [1.165, 1.54) is 37.6 Å². The minimum Gasteiger partial charge on any atom is -0.508 e. The number of aromatic hydroxyl groups is 1. The second-order valence-corrected chi connectivity index (χ2v) is 6.08. The van der Waals surface area contributed by atoms with Gasteiger partial charge in [0.15, 0.2) is 0 Å². The summed E-state index contributed by atoms with van der Waals surface area (Å²) < 4.78 is 19.2. The van der Waals surface area contributed by atoms with Crippen LogP contribution in [0.1, 0.15) is 31.4 Å². The number of hydrogen-bond acceptors (Lipinski definition) is 4. The molecule has 0 saturated carbocycles. The van der Waals surface area contributed by atoms with Gasteiger partial charge in [0, 0.05) is 30.7 Å². The summed E-state index contributed by atoms with van der Waals surface area (Å²) in [7, 11) is 0. The number of halogens is 1. The van der Waals surface area contributed by atoms with Crippen molar-refractivity contribution in [1.82, 2.24) is 10.2 Å². The minimum absolute atomic E-state index is 0.111. The van der Waals surface area contributed by atoms with Crippen LogP contribution >= 0.6 is 0 Å². The SMILES string of the molecule is CC(NCC1CN2CCCC2CO1)c1cc(F)ccc1O. The lowest BCUT2D eigenvalue weighted by atomic mass is 10.1. The van der Waals surface area contributed by atoms with Gasteiger partial charge in [0.1, 0.15) is 11.6 Å². The quantitative estimate of drug-likeness (QED) is 0.892. The van der Waals surface area contributed by atoms with Gasteiger partial charge >= 0.3 is 0 Å². The van der Waals surface area contributed by atoms with E-state index in [1.807, 2.05) is 6.92 Å². The number of nitrogens with one attached hydrogen (secondary N) is 1. The molecule has 0 radical (unpaired) electrons. The van der Waals surface area contributed by atoms with Crippen molar-refractivity contribution in [3.63, 3.8) is 0 Å². The van der Waals surface area contributed by atoms with Gasteiger partial charge in [0.05, 0.1) is 12.7 Å². The van der Waals surface area contributed by atoms with Crippen LogP contribution in [0.5, 0.6) is 5.75 Å². The summed E-state index contributed by atoms with van der Waals surface area (Å²) in [6.45, 7) is 5.58. The molecule has 5 heteroatoms. The molecule has 0 spiro atoms. The first-order valence-corrected chi connectivity index (χ1v) is 7.71. The first-order valence-electron chi connectivity index (χ1n) is 7.71. The maximum atomic E-state index is 13.3. The molecule has 2 aliphatic heterocycles. The molecule has 0 amide bonds. The number of rotatable bonds is 4. The lowest BCUT2D eigenvalue weighted by Crippen LogP contribution is -2.49. The number of ether oxygens (including phenoxy) is 1. The number of fused-ring (bicyclic) bond motifs is 1. The van der Waals surface area contributed by atoms with Gasteiger partial charge in [-0.1, -0.05) is 0 Å². The van der Waals surface area contributed by atoms with E-state index in [9.17, 15) is 9.50 Å². The predicted molar refractivity (Wildman–Crippen MR) is 78.8 cm³/mol. The molecule has 2 fully saturated rings. The third kappa shape index (κ3) is 3.36. The monoisotopic (exact) mass is 294 g/mol. The maximum Gasteiger partial charge on any atom is 0.123 e. The molecule has 2 aliphatic rings. The Morgan fingerprint density at radius 3 is 3.24 bits per heavy atom. The second-order valence-electron chi connectivity index (χ2n) is 6.08. The summed E-state index contributed by atoms with van der Waals surface area (Å²) in [5.41, 5.74) is 0.588. The van der Waals surface area contributed by atoms with Crippen LogP contribution in [-0.4, -0.2) is 48.4 Å². The van der Waals surface area contributed by atoms with Crippen LogP contribution in [-0.2, 0) is 4.74 Å². The molecule has 4 nitrogen and oxygen atoms in total. The zero-order valence-electron chi connectivity index (χ0n) is 12.4. The molecule has 2 saturated heterocycles. The lowest BCUT2D eigenvalue weighted by molar-refractivity contribution is -0.0477. The lowest BCUT2D eigenvalue weighted by Gasteiger charge is -2.35. The average molecular weight is 294 g/mol. The highest BCUT2D eigenvalue weighted by Crippen LogP contribution is 2.26. The number of phenols is 1. The molecule has 3 atom stereocenters. The standard InChI is InChI=1S/C16H23FN2O2/c1-11(15-7-12(17)4-5-16(15)20)18-8-14-9-19-6-2-3-13(19)10-21-14/h4-5,7,11,13-14,18,20H,2-3,6,8-10H2,1H3. The Kier molecular flexibility index (Phi) is 4.42. The first-order chi connectivity index (χ1) is 10.1. The summed E-state index contributed by atoms with van der Waals surface area (Å²) >= 11 is 0. The molecular weight excluding hydrogens is 271 g/mol. The van der Waals surface area contributed by atoms with Crippen molar-refractivity contribution in [1.29, 1.82) is 0 Å². The molecule has 3 unspecified atom stereocenters. The molecule has 116 valence electrons. The van der Waals surface area contributed by atoms with E-state index >= 15 is 0 Å². The molecule has 1 aromatic carbocycles. The first kappa shape index (κ1) is 14.8. The highest BCUT2D eigenvalue weighted by molar-refractivity contribution is 5.34. The van der Waals surface area contributed by atoms with E-state index in [2.05, 4.69) is 10.2 Å². The largest absolute Gasteiger partial charge is 0.508 e. The maximum absolute atomic E-state index is 13.3. The van der Waals surface area contributed by atoms with Crippen LogP contribution in [0.2, 0.25) is 0 Å². The fourth-order valence-electron chi connectivity index (χ4n) is 3.30. The van der Waals surface area contributed by atoms with Crippen LogP contribution in [0, 0.1) is 5.82 Å². The minimum atomic E-state index is -0.328. The second kappa shape index (κ2) is 6.30. The van der Waals surface area contributed by atoms with E-state index in [1.54, 1.807) is 0 Å². The number of nitrogens with zero attached hydrogens (tertiary/aromatic N) is 1. The topological polar surface area (TPSA) is 44.7 Å². The Labute approximate surface area is 124 Å².